The molecule has 0 radical (unpaired) electrons. The van der Waals surface area contributed by atoms with Crippen molar-refractivity contribution in [2.45, 2.75) is 33.2 Å². The largest absolute Gasteiger partial charge is 0.495 e. The summed E-state index contributed by atoms with van der Waals surface area (Å²) in [7, 11) is 1.62. The predicted molar refractivity (Wildman–Crippen MR) is 70.2 cm³/mol. The number of rotatable bonds is 5. The van der Waals surface area contributed by atoms with Gasteiger partial charge in [0.2, 0.25) is 0 Å². The summed E-state index contributed by atoms with van der Waals surface area (Å²) >= 11 is 0. The van der Waals surface area contributed by atoms with Gasteiger partial charge in [0, 0.05) is 12.1 Å². The Kier molecular flexibility index (Phi) is 4.84. The van der Waals surface area contributed by atoms with Gasteiger partial charge in [0.05, 0.1) is 24.4 Å². The monoisotopic (exact) mass is 232 g/mol. The highest BCUT2D eigenvalue weighted by molar-refractivity contribution is 5.59. The molecule has 0 heterocycles. The van der Waals surface area contributed by atoms with E-state index in [1.165, 1.54) is 0 Å². The van der Waals surface area contributed by atoms with E-state index < -0.39 is 0 Å². The average Bonchev–Trinajstić information content (AvgIpc) is 2.37. The fourth-order valence-corrected chi connectivity index (χ4v) is 1.62. The van der Waals surface area contributed by atoms with Gasteiger partial charge in [0.15, 0.2) is 0 Å². The SMILES string of the molecule is CCC(C)C(C)Nc1ccc(C#N)cc1OC. The average molecular weight is 232 g/mol. The van der Waals surface area contributed by atoms with E-state index >= 15 is 0 Å². The molecule has 0 aliphatic carbocycles. The predicted octanol–water partition coefficient (Wildman–Crippen LogP) is 3.41. The van der Waals surface area contributed by atoms with E-state index in [2.05, 4.69) is 32.2 Å². The Balaban J connectivity index is 2.88. The van der Waals surface area contributed by atoms with Gasteiger partial charge in [-0.2, -0.15) is 5.26 Å². The Labute approximate surface area is 103 Å². The Morgan fingerprint density at radius 1 is 1.41 bits per heavy atom. The van der Waals surface area contributed by atoms with Gasteiger partial charge < -0.3 is 10.1 Å². The number of ether oxygens (including phenoxy) is 1. The molecule has 17 heavy (non-hydrogen) atoms. The molecule has 1 N–H and O–H groups in total. The number of nitrogens with zero attached hydrogens (tertiary/aromatic N) is 1. The lowest BCUT2D eigenvalue weighted by atomic mass is 10.0. The first-order chi connectivity index (χ1) is 8.12. The van der Waals surface area contributed by atoms with Gasteiger partial charge >= 0.3 is 0 Å². The van der Waals surface area contributed by atoms with Gasteiger partial charge in [-0.1, -0.05) is 20.3 Å². The third kappa shape index (κ3) is 3.39. The van der Waals surface area contributed by atoms with Gasteiger partial charge in [-0.15, -0.1) is 0 Å². The molecule has 3 heteroatoms. The topological polar surface area (TPSA) is 45.0 Å². The molecular weight excluding hydrogens is 212 g/mol. The van der Waals surface area contributed by atoms with Crippen molar-refractivity contribution in [2.24, 2.45) is 5.92 Å². The van der Waals surface area contributed by atoms with Crippen molar-refractivity contribution < 1.29 is 4.74 Å². The number of hydrogen-bond acceptors (Lipinski definition) is 3. The van der Waals surface area contributed by atoms with Gasteiger partial charge in [0.1, 0.15) is 5.75 Å². The van der Waals surface area contributed by atoms with Crippen LogP contribution < -0.4 is 10.1 Å². The van der Waals surface area contributed by atoms with Crippen molar-refractivity contribution in [3.8, 4) is 11.8 Å². The number of hydrogen-bond donors (Lipinski definition) is 1. The summed E-state index contributed by atoms with van der Waals surface area (Å²) in [4.78, 5) is 0. The van der Waals surface area contributed by atoms with Crippen LogP contribution in [0.1, 0.15) is 32.8 Å². The highest BCUT2D eigenvalue weighted by atomic mass is 16.5. The Hall–Kier alpha value is -1.69. The molecule has 0 bridgehead atoms. The van der Waals surface area contributed by atoms with E-state index in [4.69, 9.17) is 10.00 Å². The van der Waals surface area contributed by atoms with Crippen LogP contribution in [-0.2, 0) is 0 Å². The van der Waals surface area contributed by atoms with Crippen LogP contribution in [0.15, 0.2) is 18.2 Å². The number of methoxy groups -OCH3 is 1. The zero-order valence-electron chi connectivity index (χ0n) is 10.9. The summed E-state index contributed by atoms with van der Waals surface area (Å²) in [5.74, 6) is 1.31. The maximum Gasteiger partial charge on any atom is 0.143 e. The van der Waals surface area contributed by atoms with E-state index in [0.29, 0.717) is 17.5 Å². The van der Waals surface area contributed by atoms with Crippen LogP contribution in [0, 0.1) is 17.2 Å². The second kappa shape index (κ2) is 6.15. The van der Waals surface area contributed by atoms with Crippen LogP contribution in [-0.4, -0.2) is 13.2 Å². The second-order valence-corrected chi connectivity index (χ2v) is 4.35. The van der Waals surface area contributed by atoms with E-state index in [0.717, 1.165) is 17.9 Å². The third-order valence-corrected chi connectivity index (χ3v) is 3.21. The molecule has 2 unspecified atom stereocenters. The zero-order chi connectivity index (χ0) is 12.8. The van der Waals surface area contributed by atoms with Crippen LogP contribution in [0.4, 0.5) is 5.69 Å². The minimum Gasteiger partial charge on any atom is -0.495 e. The highest BCUT2D eigenvalue weighted by Gasteiger charge is 2.12. The maximum absolute atomic E-state index is 8.83. The summed E-state index contributed by atoms with van der Waals surface area (Å²) in [6.45, 7) is 6.55. The zero-order valence-corrected chi connectivity index (χ0v) is 10.9. The molecule has 1 aromatic carbocycles. The van der Waals surface area contributed by atoms with Gasteiger partial charge in [-0.3, -0.25) is 0 Å². The summed E-state index contributed by atoms with van der Waals surface area (Å²) in [5.41, 5.74) is 1.56. The first-order valence-corrected chi connectivity index (χ1v) is 5.97. The van der Waals surface area contributed by atoms with Gasteiger partial charge in [-0.05, 0) is 25.0 Å². The molecular formula is C14H20N2O. The van der Waals surface area contributed by atoms with E-state index in [-0.39, 0.29) is 0 Å². The lowest BCUT2D eigenvalue weighted by molar-refractivity contribution is 0.414. The fourth-order valence-electron chi connectivity index (χ4n) is 1.62. The quantitative estimate of drug-likeness (QED) is 0.846. The molecule has 0 aliphatic heterocycles. The normalized spacial score (nSPS) is 13.6. The van der Waals surface area contributed by atoms with Crippen LogP contribution in [0.3, 0.4) is 0 Å². The Morgan fingerprint density at radius 3 is 2.65 bits per heavy atom. The number of nitrogens with one attached hydrogen (secondary N) is 1. The van der Waals surface area contributed by atoms with Crippen molar-refractivity contribution in [1.29, 1.82) is 5.26 Å². The fraction of sp³-hybridized carbons (Fsp3) is 0.500. The molecule has 0 fully saturated rings. The smallest absolute Gasteiger partial charge is 0.143 e. The number of benzene rings is 1. The Bertz CT molecular complexity index is 409. The van der Waals surface area contributed by atoms with Crippen LogP contribution >= 0.6 is 0 Å². The van der Waals surface area contributed by atoms with Crippen molar-refractivity contribution in [2.75, 3.05) is 12.4 Å². The third-order valence-electron chi connectivity index (χ3n) is 3.21. The molecule has 1 aromatic rings. The van der Waals surface area contributed by atoms with Crippen molar-refractivity contribution in [3.63, 3.8) is 0 Å². The summed E-state index contributed by atoms with van der Waals surface area (Å²) in [6.07, 6.45) is 1.13. The molecule has 0 aromatic heterocycles. The molecule has 0 spiro atoms. The maximum atomic E-state index is 8.83. The van der Waals surface area contributed by atoms with Crippen molar-refractivity contribution in [1.82, 2.24) is 0 Å². The molecule has 0 amide bonds. The van der Waals surface area contributed by atoms with Gasteiger partial charge in [-0.25, -0.2) is 0 Å². The lowest BCUT2D eigenvalue weighted by Gasteiger charge is -2.22. The van der Waals surface area contributed by atoms with E-state index in [9.17, 15) is 0 Å². The molecule has 1 rings (SSSR count). The number of anilines is 1. The molecule has 3 nitrogen and oxygen atoms in total. The van der Waals surface area contributed by atoms with Crippen LogP contribution in [0.5, 0.6) is 5.75 Å². The molecule has 0 saturated heterocycles. The summed E-state index contributed by atoms with van der Waals surface area (Å²) in [5, 5.41) is 12.3. The standard InChI is InChI=1S/C14H20N2O/c1-5-10(2)11(3)16-13-7-6-12(9-15)8-14(13)17-4/h6-8,10-11,16H,5H2,1-4H3. The van der Waals surface area contributed by atoms with Crippen molar-refractivity contribution in [3.05, 3.63) is 23.8 Å². The van der Waals surface area contributed by atoms with Gasteiger partial charge in [0.25, 0.3) is 0 Å². The summed E-state index contributed by atoms with van der Waals surface area (Å²) < 4.78 is 5.29. The van der Waals surface area contributed by atoms with E-state index in [1.807, 2.05) is 6.07 Å². The second-order valence-electron chi connectivity index (χ2n) is 4.35. The minimum atomic E-state index is 0.377. The highest BCUT2D eigenvalue weighted by Crippen LogP contribution is 2.27. The van der Waals surface area contributed by atoms with Crippen LogP contribution in [0.2, 0.25) is 0 Å². The van der Waals surface area contributed by atoms with Crippen molar-refractivity contribution >= 4 is 5.69 Å². The summed E-state index contributed by atoms with van der Waals surface area (Å²) in [6, 6.07) is 7.94. The Morgan fingerprint density at radius 2 is 2.12 bits per heavy atom. The van der Waals surface area contributed by atoms with Crippen LogP contribution in [0.25, 0.3) is 0 Å². The number of nitriles is 1. The molecule has 92 valence electrons. The first kappa shape index (κ1) is 13.4. The minimum absolute atomic E-state index is 0.377. The molecule has 0 saturated carbocycles. The molecule has 0 aliphatic rings. The molecule has 2 atom stereocenters. The van der Waals surface area contributed by atoms with E-state index in [1.54, 1.807) is 19.2 Å². The first-order valence-electron chi connectivity index (χ1n) is 5.97. The lowest BCUT2D eigenvalue weighted by Crippen LogP contribution is -2.23.